The summed E-state index contributed by atoms with van der Waals surface area (Å²) in [7, 11) is 0. The number of imidazole rings is 1. The Morgan fingerprint density at radius 3 is 2.76 bits per heavy atom. The van der Waals surface area contributed by atoms with Gasteiger partial charge >= 0.3 is 5.69 Å². The highest BCUT2D eigenvalue weighted by molar-refractivity contribution is 5.64. The monoisotopic (exact) mass is 344 g/mol. The van der Waals surface area contributed by atoms with Gasteiger partial charge in [-0.15, -0.1) is 0 Å². The summed E-state index contributed by atoms with van der Waals surface area (Å²) in [5.41, 5.74) is 4.28. The van der Waals surface area contributed by atoms with Gasteiger partial charge in [-0.1, -0.05) is 12.1 Å². The number of anilines is 1. The van der Waals surface area contributed by atoms with Crippen LogP contribution in [0.3, 0.4) is 0 Å². The standard InChI is InChI=1S/C16H16N4O5/c21-8-15-24-9-14(25-15)19-6-5-13-17-12(7-20(13)16(19)22)10-1-3-11(18-23)4-2-10/h1-7,14-15,18,21,23H,8-9H2/t14-,15-/m1/s1. The highest BCUT2D eigenvalue weighted by Crippen LogP contribution is 2.22. The fourth-order valence-corrected chi connectivity index (χ4v) is 2.76. The first-order chi connectivity index (χ1) is 12.2. The van der Waals surface area contributed by atoms with Crippen molar-refractivity contribution in [3.63, 3.8) is 0 Å². The number of ether oxygens (including phenoxy) is 2. The van der Waals surface area contributed by atoms with E-state index < -0.39 is 12.5 Å². The van der Waals surface area contributed by atoms with E-state index in [0.29, 0.717) is 17.0 Å². The van der Waals surface area contributed by atoms with Crippen molar-refractivity contribution in [3.05, 3.63) is 53.2 Å². The van der Waals surface area contributed by atoms with Crippen molar-refractivity contribution in [3.8, 4) is 11.3 Å². The second kappa shape index (κ2) is 6.30. The van der Waals surface area contributed by atoms with Gasteiger partial charge in [0.2, 0.25) is 0 Å². The van der Waals surface area contributed by atoms with Crippen molar-refractivity contribution in [2.45, 2.75) is 12.5 Å². The van der Waals surface area contributed by atoms with Crippen molar-refractivity contribution >= 4 is 11.3 Å². The molecule has 1 aliphatic rings. The zero-order valence-electron chi connectivity index (χ0n) is 13.1. The molecule has 0 unspecified atom stereocenters. The third-order valence-corrected chi connectivity index (χ3v) is 4.05. The lowest BCUT2D eigenvalue weighted by molar-refractivity contribution is -0.0993. The topological polar surface area (TPSA) is 110 Å². The molecule has 3 N–H and O–H groups in total. The van der Waals surface area contributed by atoms with Crippen LogP contribution in [0.1, 0.15) is 6.23 Å². The lowest BCUT2D eigenvalue weighted by Crippen LogP contribution is -2.30. The molecule has 9 nitrogen and oxygen atoms in total. The van der Waals surface area contributed by atoms with Gasteiger partial charge in [-0.05, 0) is 18.2 Å². The Morgan fingerprint density at radius 1 is 1.28 bits per heavy atom. The van der Waals surface area contributed by atoms with Crippen LogP contribution in [0.2, 0.25) is 0 Å². The minimum atomic E-state index is -0.718. The summed E-state index contributed by atoms with van der Waals surface area (Å²) in [6, 6.07) is 8.70. The van der Waals surface area contributed by atoms with Crippen molar-refractivity contribution < 1.29 is 19.8 Å². The predicted molar refractivity (Wildman–Crippen MR) is 87.2 cm³/mol. The number of hydrogen-bond acceptors (Lipinski definition) is 7. The molecule has 25 heavy (non-hydrogen) atoms. The molecule has 1 fully saturated rings. The zero-order valence-corrected chi connectivity index (χ0v) is 13.1. The summed E-state index contributed by atoms with van der Waals surface area (Å²) in [5, 5.41) is 17.9. The summed E-state index contributed by atoms with van der Waals surface area (Å²) < 4.78 is 13.6. The van der Waals surface area contributed by atoms with Crippen LogP contribution in [-0.4, -0.2) is 43.8 Å². The average Bonchev–Trinajstić information content (AvgIpc) is 3.29. The fraction of sp³-hybridized carbons (Fsp3) is 0.250. The third-order valence-electron chi connectivity index (χ3n) is 4.05. The number of aliphatic hydroxyl groups is 1. The van der Waals surface area contributed by atoms with E-state index in [0.717, 1.165) is 5.56 Å². The van der Waals surface area contributed by atoms with Gasteiger partial charge in [0.1, 0.15) is 5.65 Å². The highest BCUT2D eigenvalue weighted by Gasteiger charge is 2.27. The van der Waals surface area contributed by atoms with E-state index in [1.165, 1.54) is 8.97 Å². The molecule has 1 aromatic carbocycles. The first-order valence-electron chi connectivity index (χ1n) is 7.68. The Labute approximate surface area is 141 Å². The lowest BCUT2D eigenvalue weighted by Gasteiger charge is -2.12. The predicted octanol–water partition coefficient (Wildman–Crippen LogP) is 0.828. The maximum atomic E-state index is 12.7. The number of aliphatic hydroxyl groups excluding tert-OH is 1. The first-order valence-corrected chi connectivity index (χ1v) is 7.68. The number of nitrogens with one attached hydrogen (secondary N) is 1. The van der Waals surface area contributed by atoms with Crippen LogP contribution in [0.4, 0.5) is 5.69 Å². The van der Waals surface area contributed by atoms with Crippen molar-refractivity contribution in [2.75, 3.05) is 18.7 Å². The van der Waals surface area contributed by atoms with Gasteiger partial charge in [0.15, 0.2) is 12.5 Å². The van der Waals surface area contributed by atoms with E-state index in [9.17, 15) is 4.79 Å². The van der Waals surface area contributed by atoms with Gasteiger partial charge in [0.05, 0.1) is 24.6 Å². The molecule has 0 bridgehead atoms. The Kier molecular flexibility index (Phi) is 3.98. The number of fused-ring (bicyclic) bond motifs is 1. The van der Waals surface area contributed by atoms with Crippen LogP contribution >= 0.6 is 0 Å². The normalized spacial score (nSPS) is 20.2. The Morgan fingerprint density at radius 2 is 2.08 bits per heavy atom. The number of nitrogens with zero attached hydrogens (tertiary/aromatic N) is 3. The van der Waals surface area contributed by atoms with Gasteiger partial charge < -0.3 is 14.6 Å². The number of aromatic nitrogens is 3. The smallest absolute Gasteiger partial charge is 0.336 e. The zero-order chi connectivity index (χ0) is 17.4. The van der Waals surface area contributed by atoms with Crippen molar-refractivity contribution in [1.29, 1.82) is 0 Å². The minimum Gasteiger partial charge on any atom is -0.391 e. The van der Waals surface area contributed by atoms with E-state index in [2.05, 4.69) is 10.5 Å². The quantitative estimate of drug-likeness (QED) is 0.601. The maximum absolute atomic E-state index is 12.7. The largest absolute Gasteiger partial charge is 0.391 e. The summed E-state index contributed by atoms with van der Waals surface area (Å²) in [5.74, 6) is 0. The molecule has 1 saturated heterocycles. The Hall–Kier alpha value is -2.72. The van der Waals surface area contributed by atoms with Crippen LogP contribution in [-0.2, 0) is 9.47 Å². The Balaban J connectivity index is 1.71. The van der Waals surface area contributed by atoms with E-state index in [1.807, 2.05) is 0 Å². The number of benzene rings is 1. The van der Waals surface area contributed by atoms with Gasteiger partial charge in [0.25, 0.3) is 0 Å². The molecule has 2 atom stereocenters. The molecule has 1 aliphatic heterocycles. The second-order valence-electron chi connectivity index (χ2n) is 5.59. The first kappa shape index (κ1) is 15.8. The molecule has 0 saturated carbocycles. The van der Waals surface area contributed by atoms with E-state index in [4.69, 9.17) is 19.8 Å². The molecule has 2 aromatic heterocycles. The van der Waals surface area contributed by atoms with Crippen LogP contribution in [0.15, 0.2) is 47.5 Å². The molecule has 3 aromatic rings. The van der Waals surface area contributed by atoms with E-state index in [1.54, 1.807) is 42.7 Å². The van der Waals surface area contributed by atoms with Crippen LogP contribution in [0.25, 0.3) is 16.9 Å². The average molecular weight is 344 g/mol. The van der Waals surface area contributed by atoms with Gasteiger partial charge in [-0.25, -0.2) is 9.78 Å². The molecule has 0 amide bonds. The van der Waals surface area contributed by atoms with Gasteiger partial charge in [-0.2, -0.15) is 0 Å². The van der Waals surface area contributed by atoms with Gasteiger partial charge in [0, 0.05) is 18.0 Å². The SMILES string of the molecule is O=c1n([C@H]2CO[C@@H](CO)O2)ccc2nc(-c3ccc(NO)cc3)cn12. The number of rotatable bonds is 4. The Bertz CT molecular complexity index is 949. The molecule has 0 aliphatic carbocycles. The number of hydrogen-bond donors (Lipinski definition) is 3. The molecular weight excluding hydrogens is 328 g/mol. The van der Waals surface area contributed by atoms with Gasteiger partial charge in [-0.3, -0.25) is 19.7 Å². The molecule has 4 rings (SSSR count). The summed E-state index contributed by atoms with van der Waals surface area (Å²) in [4.78, 5) is 17.2. The van der Waals surface area contributed by atoms with E-state index >= 15 is 0 Å². The molecule has 3 heterocycles. The van der Waals surface area contributed by atoms with Crippen LogP contribution in [0.5, 0.6) is 0 Å². The summed E-state index contributed by atoms with van der Waals surface area (Å²) >= 11 is 0. The van der Waals surface area contributed by atoms with Crippen LogP contribution < -0.4 is 11.2 Å². The third kappa shape index (κ3) is 2.79. The minimum absolute atomic E-state index is 0.188. The second-order valence-corrected chi connectivity index (χ2v) is 5.59. The maximum Gasteiger partial charge on any atom is 0.336 e. The van der Waals surface area contributed by atoms with Crippen molar-refractivity contribution in [2.24, 2.45) is 0 Å². The molecule has 0 radical (unpaired) electrons. The van der Waals surface area contributed by atoms with E-state index in [-0.39, 0.29) is 18.9 Å². The summed E-state index contributed by atoms with van der Waals surface area (Å²) in [6.07, 6.45) is 1.94. The molecule has 9 heteroatoms. The summed E-state index contributed by atoms with van der Waals surface area (Å²) in [6.45, 7) is -0.0742. The van der Waals surface area contributed by atoms with Crippen LogP contribution in [0, 0.1) is 0 Å². The highest BCUT2D eigenvalue weighted by atomic mass is 16.7. The lowest BCUT2D eigenvalue weighted by atomic mass is 10.1. The fourth-order valence-electron chi connectivity index (χ4n) is 2.76. The molecule has 130 valence electrons. The molecule has 0 spiro atoms. The van der Waals surface area contributed by atoms with Crippen molar-refractivity contribution in [1.82, 2.24) is 14.0 Å². The molecular formula is C16H16N4O5.